The van der Waals surface area contributed by atoms with E-state index in [0.717, 1.165) is 56.8 Å². The molecule has 0 radical (unpaired) electrons. The zero-order valence-electron chi connectivity index (χ0n) is 32.1. The summed E-state index contributed by atoms with van der Waals surface area (Å²) in [5, 5.41) is 0.0543. The Morgan fingerprint density at radius 2 is 1.63 bits per heavy atom. The molecule has 0 saturated carbocycles. The van der Waals surface area contributed by atoms with Crippen LogP contribution < -0.4 is 0 Å². The van der Waals surface area contributed by atoms with Crippen molar-refractivity contribution in [2.75, 3.05) is 13.2 Å². The first kappa shape index (κ1) is 37.2. The van der Waals surface area contributed by atoms with E-state index in [0.29, 0.717) is 40.9 Å². The molecule has 52 heavy (non-hydrogen) atoms. The van der Waals surface area contributed by atoms with Crippen molar-refractivity contribution in [3.05, 3.63) is 75.4 Å². The average Bonchev–Trinajstić information content (AvgIpc) is 3.74. The van der Waals surface area contributed by atoms with Crippen LogP contribution in [0.4, 0.5) is 0 Å². The van der Waals surface area contributed by atoms with E-state index in [4.69, 9.17) is 23.9 Å². The van der Waals surface area contributed by atoms with Gasteiger partial charge in [0.15, 0.2) is 8.32 Å². The number of cyclic esters (lactones) is 2. The summed E-state index contributed by atoms with van der Waals surface area (Å²) in [4.78, 5) is 57.2. The number of allylic oxidation sites excluding steroid dienone is 2. The Kier molecular flexibility index (Phi) is 9.82. The second-order valence-corrected chi connectivity index (χ2v) is 20.4. The number of nitrogens with zero attached hydrogens (tertiary/aromatic N) is 2. The van der Waals surface area contributed by atoms with E-state index >= 15 is 0 Å². The van der Waals surface area contributed by atoms with Crippen LogP contribution in [0.25, 0.3) is 39.3 Å². The fourth-order valence-electron chi connectivity index (χ4n) is 7.22. The zero-order valence-corrected chi connectivity index (χ0v) is 33.1. The standard InChI is InChI=1S/C41H50N4O6Si/c1-12-25-21(3)28-18-30-23(5)27(14-15-34(46)49-16-17-50-52(10,11)41(7,8)9)37(44-30)36-38-35(39(47)51-40(36)48)24(6)31(45-38)20-33-26(13-2)22(4)29(43-33)19-32(25)42-28/h12,18-20,23,27,42,45H,1,13-17H2,2-11H3/t23-,27-/m0/s1. The molecule has 3 aromatic rings. The molecule has 8 bridgehead atoms. The first-order valence-electron chi connectivity index (χ1n) is 18.1. The van der Waals surface area contributed by atoms with Crippen LogP contribution in [0.5, 0.6) is 0 Å². The summed E-state index contributed by atoms with van der Waals surface area (Å²) in [6, 6.07) is 5.99. The van der Waals surface area contributed by atoms with Crippen molar-refractivity contribution in [1.82, 2.24) is 19.9 Å². The Morgan fingerprint density at radius 1 is 0.962 bits per heavy atom. The third-order valence-corrected chi connectivity index (χ3v) is 16.0. The van der Waals surface area contributed by atoms with E-state index < -0.39 is 20.3 Å². The van der Waals surface area contributed by atoms with Gasteiger partial charge in [-0.05, 0) is 92.2 Å². The Bertz CT molecular complexity index is 2220. The van der Waals surface area contributed by atoms with Gasteiger partial charge in [0.05, 0.1) is 34.8 Å². The molecule has 0 fully saturated rings. The van der Waals surface area contributed by atoms with E-state index in [2.05, 4.69) is 70.3 Å². The van der Waals surface area contributed by atoms with Crippen LogP contribution >= 0.6 is 0 Å². The third kappa shape index (κ3) is 6.49. The summed E-state index contributed by atoms with van der Waals surface area (Å²) in [6.45, 7) is 25.5. The molecule has 2 atom stereocenters. The molecular formula is C41H50N4O6Si. The number of carbonyl (C=O) groups excluding carboxylic acids is 3. The highest BCUT2D eigenvalue weighted by Gasteiger charge is 2.39. The highest BCUT2D eigenvalue weighted by molar-refractivity contribution is 6.74. The summed E-state index contributed by atoms with van der Waals surface area (Å²) >= 11 is 0. The summed E-state index contributed by atoms with van der Waals surface area (Å²) < 4.78 is 17.2. The van der Waals surface area contributed by atoms with Gasteiger partial charge >= 0.3 is 17.9 Å². The molecule has 10 nitrogen and oxygen atoms in total. The minimum absolute atomic E-state index is 0.0543. The van der Waals surface area contributed by atoms with Crippen molar-refractivity contribution in [3.63, 3.8) is 0 Å². The van der Waals surface area contributed by atoms with Gasteiger partial charge in [-0.2, -0.15) is 0 Å². The van der Waals surface area contributed by atoms with Gasteiger partial charge < -0.3 is 23.9 Å². The van der Waals surface area contributed by atoms with Crippen LogP contribution in [0.2, 0.25) is 18.1 Å². The average molecular weight is 723 g/mol. The number of rotatable bonds is 9. The number of aryl methyl sites for hydroxylation is 2. The summed E-state index contributed by atoms with van der Waals surface area (Å²) in [7, 11) is -1.97. The molecule has 11 heteroatoms. The van der Waals surface area contributed by atoms with E-state index in [1.807, 2.05) is 39.0 Å². The Labute approximate surface area is 306 Å². The Balaban J connectivity index is 1.49. The van der Waals surface area contributed by atoms with Gasteiger partial charge in [0.2, 0.25) is 0 Å². The van der Waals surface area contributed by atoms with Crippen molar-refractivity contribution in [2.24, 2.45) is 0 Å². The number of esters is 3. The van der Waals surface area contributed by atoms with Gasteiger partial charge in [0.1, 0.15) is 12.2 Å². The van der Waals surface area contributed by atoms with Crippen molar-refractivity contribution < 1.29 is 28.3 Å². The molecular weight excluding hydrogens is 673 g/mol. The maximum atomic E-state index is 13.7. The maximum Gasteiger partial charge on any atom is 0.350 e. The Morgan fingerprint density at radius 3 is 2.31 bits per heavy atom. The molecule has 6 heterocycles. The molecule has 0 saturated heterocycles. The third-order valence-electron chi connectivity index (χ3n) is 11.5. The number of hydrogen-bond donors (Lipinski definition) is 2. The number of hydrogen-bond acceptors (Lipinski definition) is 8. The van der Waals surface area contributed by atoms with Gasteiger partial charge in [0, 0.05) is 46.1 Å². The molecule has 274 valence electrons. The SMILES string of the molecule is C=Cc1c(C)c2cc3nc(c4c5[nH]c(cc6nc(cc1[nH]2)C(C)=C6CC)c(C)c5C(=O)OC4=O)[C@@H](CCC(=O)OCCO[Si](C)(C)C(C)(C)C)[C@@H]3C. The molecule has 0 aliphatic carbocycles. The maximum absolute atomic E-state index is 13.7. The quantitative estimate of drug-likeness (QED) is 0.0965. The largest absolute Gasteiger partial charge is 0.463 e. The molecule has 3 aromatic heterocycles. The molecule has 3 aliphatic rings. The first-order valence-corrected chi connectivity index (χ1v) is 21.0. The summed E-state index contributed by atoms with van der Waals surface area (Å²) in [5.41, 5.74) is 10.9. The minimum atomic E-state index is -1.97. The van der Waals surface area contributed by atoms with Gasteiger partial charge in [0.25, 0.3) is 0 Å². The highest BCUT2D eigenvalue weighted by Crippen LogP contribution is 2.44. The minimum Gasteiger partial charge on any atom is -0.463 e. The number of fused-ring (bicyclic) bond motifs is 8. The number of aromatic nitrogens is 4. The van der Waals surface area contributed by atoms with E-state index in [1.54, 1.807) is 0 Å². The van der Waals surface area contributed by atoms with Crippen molar-refractivity contribution in [2.45, 2.75) is 105 Å². The van der Waals surface area contributed by atoms with E-state index in [9.17, 15) is 14.4 Å². The molecule has 3 aliphatic heterocycles. The Hall–Kier alpha value is -4.61. The second kappa shape index (κ2) is 13.7. The second-order valence-electron chi connectivity index (χ2n) is 15.6. The predicted octanol–water partition coefficient (Wildman–Crippen LogP) is 9.46. The number of nitrogens with one attached hydrogen (secondary N) is 2. The van der Waals surface area contributed by atoms with Crippen LogP contribution in [0.1, 0.15) is 133 Å². The summed E-state index contributed by atoms with van der Waals surface area (Å²) in [6.07, 6.45) is 3.09. The predicted molar refractivity (Wildman–Crippen MR) is 208 cm³/mol. The molecule has 0 aromatic carbocycles. The number of ether oxygens (including phenoxy) is 2. The number of H-pyrrole nitrogens is 2. The van der Waals surface area contributed by atoms with Crippen LogP contribution in [-0.2, 0) is 18.7 Å². The summed E-state index contributed by atoms with van der Waals surface area (Å²) in [5.74, 6) is -2.35. The zero-order chi connectivity index (χ0) is 37.9. The van der Waals surface area contributed by atoms with Crippen LogP contribution in [0.3, 0.4) is 0 Å². The van der Waals surface area contributed by atoms with E-state index in [-0.39, 0.29) is 41.4 Å². The van der Waals surface area contributed by atoms with Crippen LogP contribution in [0, 0.1) is 13.8 Å². The van der Waals surface area contributed by atoms with Gasteiger partial charge in [-0.15, -0.1) is 0 Å². The lowest BCUT2D eigenvalue weighted by molar-refractivity contribution is -0.144. The smallest absolute Gasteiger partial charge is 0.350 e. The van der Waals surface area contributed by atoms with Gasteiger partial charge in [-0.25, -0.2) is 14.6 Å². The van der Waals surface area contributed by atoms with E-state index in [1.165, 1.54) is 0 Å². The van der Waals surface area contributed by atoms with Gasteiger partial charge in [-0.3, -0.25) is 9.78 Å². The van der Waals surface area contributed by atoms with Gasteiger partial charge in [-0.1, -0.05) is 47.3 Å². The normalized spacial score (nSPS) is 17.4. The van der Waals surface area contributed by atoms with Crippen molar-refractivity contribution in [3.8, 4) is 0 Å². The van der Waals surface area contributed by atoms with Crippen LogP contribution in [-0.4, -0.2) is 59.4 Å². The fraction of sp³-hybridized carbons (Fsp3) is 0.439. The van der Waals surface area contributed by atoms with Crippen LogP contribution in [0.15, 0.2) is 24.8 Å². The highest BCUT2D eigenvalue weighted by atomic mass is 28.4. The fourth-order valence-corrected chi connectivity index (χ4v) is 8.25. The number of carbonyl (C=O) groups is 3. The topological polar surface area (TPSA) is 136 Å². The lowest BCUT2D eigenvalue weighted by atomic mass is 9.85. The lowest BCUT2D eigenvalue weighted by Crippen LogP contribution is -2.41. The molecule has 2 N–H and O–H groups in total. The molecule has 0 spiro atoms. The van der Waals surface area contributed by atoms with Crippen molar-refractivity contribution >= 4 is 65.5 Å². The van der Waals surface area contributed by atoms with Crippen molar-refractivity contribution in [1.29, 1.82) is 0 Å². The first-order chi connectivity index (χ1) is 24.5. The molecule has 0 unspecified atom stereocenters. The monoisotopic (exact) mass is 722 g/mol. The molecule has 6 rings (SSSR count). The lowest BCUT2D eigenvalue weighted by Gasteiger charge is -2.36. The number of aromatic amines is 2. The molecule has 0 amide bonds.